The maximum absolute atomic E-state index is 12.3. The molecule has 2 nitrogen and oxygen atoms in total. The molecule has 0 fully saturated rings. The number of carbonyl (C=O) groups excluding carboxylic acids is 1. The molecule has 2 aromatic carbocycles. The van der Waals surface area contributed by atoms with Gasteiger partial charge in [-0.25, -0.2) is 0 Å². The maximum Gasteiger partial charge on any atom is 0.256 e. The highest BCUT2D eigenvalue weighted by Crippen LogP contribution is 2.26. The Morgan fingerprint density at radius 1 is 1.16 bits per heavy atom. The van der Waals surface area contributed by atoms with Crippen LogP contribution in [0.15, 0.2) is 40.9 Å². The minimum atomic E-state index is -0.157. The molecule has 1 N–H and O–H groups in total. The van der Waals surface area contributed by atoms with Gasteiger partial charge in [-0.3, -0.25) is 4.79 Å². The molecule has 0 aromatic heterocycles. The van der Waals surface area contributed by atoms with Crippen molar-refractivity contribution in [3.05, 3.63) is 62.6 Å². The van der Waals surface area contributed by atoms with E-state index in [1.165, 1.54) is 0 Å². The van der Waals surface area contributed by atoms with Crippen molar-refractivity contribution >= 4 is 39.1 Å². The van der Waals surface area contributed by atoms with Crippen LogP contribution in [0.4, 0.5) is 5.69 Å². The number of amides is 1. The van der Waals surface area contributed by atoms with E-state index in [1.54, 1.807) is 12.1 Å². The van der Waals surface area contributed by atoms with Gasteiger partial charge in [0.15, 0.2) is 0 Å². The molecule has 0 aliphatic heterocycles. The van der Waals surface area contributed by atoms with Crippen LogP contribution in [-0.2, 0) is 0 Å². The average Bonchev–Trinajstić information content (AvgIpc) is 2.37. The molecule has 2 aromatic rings. The maximum atomic E-state index is 12.3. The molecular formula is C15H13BrClNO. The number of nitrogens with one attached hydrogen (secondary N) is 1. The summed E-state index contributed by atoms with van der Waals surface area (Å²) in [6, 6.07) is 11.1. The van der Waals surface area contributed by atoms with E-state index in [2.05, 4.69) is 21.2 Å². The summed E-state index contributed by atoms with van der Waals surface area (Å²) in [7, 11) is 0. The van der Waals surface area contributed by atoms with Gasteiger partial charge in [0.05, 0.1) is 10.7 Å². The number of anilines is 1. The fourth-order valence-corrected chi connectivity index (χ4v) is 2.44. The Morgan fingerprint density at radius 3 is 2.58 bits per heavy atom. The molecule has 0 heterocycles. The van der Waals surface area contributed by atoms with Crippen molar-refractivity contribution in [2.75, 3.05) is 5.32 Å². The molecule has 2 rings (SSSR count). The van der Waals surface area contributed by atoms with Crippen molar-refractivity contribution < 1.29 is 4.79 Å². The SMILES string of the molecule is Cc1ccc(Br)cc1C(=O)Nc1c(C)cccc1Cl. The number of hydrogen-bond donors (Lipinski definition) is 1. The molecule has 4 heteroatoms. The monoisotopic (exact) mass is 337 g/mol. The molecule has 0 spiro atoms. The van der Waals surface area contributed by atoms with E-state index in [1.807, 2.05) is 38.1 Å². The lowest BCUT2D eigenvalue weighted by molar-refractivity contribution is 0.102. The minimum Gasteiger partial charge on any atom is -0.320 e. The molecule has 19 heavy (non-hydrogen) atoms. The number of para-hydroxylation sites is 1. The molecule has 1 amide bonds. The summed E-state index contributed by atoms with van der Waals surface area (Å²) in [6.07, 6.45) is 0. The van der Waals surface area contributed by atoms with Crippen LogP contribution >= 0.6 is 27.5 Å². The zero-order chi connectivity index (χ0) is 14.0. The number of halogens is 2. The Bertz CT molecular complexity index is 620. The van der Waals surface area contributed by atoms with Crippen LogP contribution in [-0.4, -0.2) is 5.91 Å². The number of carbonyl (C=O) groups is 1. The van der Waals surface area contributed by atoms with Gasteiger partial charge in [0.2, 0.25) is 0 Å². The molecule has 0 unspecified atom stereocenters. The fraction of sp³-hybridized carbons (Fsp3) is 0.133. The lowest BCUT2D eigenvalue weighted by Gasteiger charge is -2.11. The molecule has 0 atom stereocenters. The van der Waals surface area contributed by atoms with Crippen LogP contribution in [0.5, 0.6) is 0 Å². The van der Waals surface area contributed by atoms with Crippen molar-refractivity contribution in [3.8, 4) is 0 Å². The predicted molar refractivity (Wildman–Crippen MR) is 83.0 cm³/mol. The second-order valence-corrected chi connectivity index (χ2v) is 5.67. The van der Waals surface area contributed by atoms with Gasteiger partial charge in [0, 0.05) is 10.0 Å². The van der Waals surface area contributed by atoms with E-state index in [-0.39, 0.29) is 5.91 Å². The van der Waals surface area contributed by atoms with Crippen LogP contribution < -0.4 is 5.32 Å². The summed E-state index contributed by atoms with van der Waals surface area (Å²) >= 11 is 9.48. The van der Waals surface area contributed by atoms with Gasteiger partial charge in [-0.15, -0.1) is 0 Å². The van der Waals surface area contributed by atoms with Crippen molar-refractivity contribution in [2.24, 2.45) is 0 Å². The van der Waals surface area contributed by atoms with Gasteiger partial charge in [-0.1, -0.05) is 45.7 Å². The second-order valence-electron chi connectivity index (χ2n) is 4.35. The lowest BCUT2D eigenvalue weighted by Crippen LogP contribution is -2.14. The quantitative estimate of drug-likeness (QED) is 0.823. The number of hydrogen-bond acceptors (Lipinski definition) is 1. The lowest BCUT2D eigenvalue weighted by atomic mass is 10.1. The van der Waals surface area contributed by atoms with Crippen molar-refractivity contribution in [3.63, 3.8) is 0 Å². The summed E-state index contributed by atoms with van der Waals surface area (Å²) < 4.78 is 0.874. The van der Waals surface area contributed by atoms with Crippen molar-refractivity contribution in [1.82, 2.24) is 0 Å². The van der Waals surface area contributed by atoms with Gasteiger partial charge in [-0.05, 0) is 43.2 Å². The molecule has 0 saturated heterocycles. The van der Waals surface area contributed by atoms with E-state index in [0.29, 0.717) is 16.3 Å². The van der Waals surface area contributed by atoms with Crippen LogP contribution in [0, 0.1) is 13.8 Å². The second kappa shape index (κ2) is 5.76. The Morgan fingerprint density at radius 2 is 1.89 bits per heavy atom. The molecule has 0 bridgehead atoms. The highest BCUT2D eigenvalue weighted by molar-refractivity contribution is 9.10. The molecular weight excluding hydrogens is 326 g/mol. The number of benzene rings is 2. The zero-order valence-electron chi connectivity index (χ0n) is 10.6. The summed E-state index contributed by atoms with van der Waals surface area (Å²) in [5, 5.41) is 3.41. The summed E-state index contributed by atoms with van der Waals surface area (Å²) in [5.41, 5.74) is 3.15. The van der Waals surface area contributed by atoms with Crippen LogP contribution in [0.25, 0.3) is 0 Å². The Kier molecular flexibility index (Phi) is 4.27. The van der Waals surface area contributed by atoms with Gasteiger partial charge in [0.25, 0.3) is 5.91 Å². The Balaban J connectivity index is 2.34. The van der Waals surface area contributed by atoms with Crippen LogP contribution in [0.1, 0.15) is 21.5 Å². The minimum absolute atomic E-state index is 0.157. The van der Waals surface area contributed by atoms with E-state index in [9.17, 15) is 4.79 Å². The Hall–Kier alpha value is -1.32. The van der Waals surface area contributed by atoms with Crippen molar-refractivity contribution in [2.45, 2.75) is 13.8 Å². The molecule has 0 saturated carbocycles. The highest BCUT2D eigenvalue weighted by Gasteiger charge is 2.12. The first kappa shape index (κ1) is 14.1. The van der Waals surface area contributed by atoms with Gasteiger partial charge in [0.1, 0.15) is 0 Å². The van der Waals surface area contributed by atoms with E-state index < -0.39 is 0 Å². The standard InChI is InChI=1S/C15H13BrClNO/c1-9-6-7-11(16)8-12(9)15(19)18-14-10(2)4-3-5-13(14)17/h3-8H,1-2H3,(H,18,19). The summed E-state index contributed by atoms with van der Waals surface area (Å²) in [4.78, 5) is 12.3. The third-order valence-corrected chi connectivity index (χ3v) is 3.71. The summed E-state index contributed by atoms with van der Waals surface area (Å²) in [6.45, 7) is 3.82. The van der Waals surface area contributed by atoms with E-state index in [4.69, 9.17) is 11.6 Å². The molecule has 0 aliphatic rings. The Labute approximate surface area is 125 Å². The van der Waals surface area contributed by atoms with E-state index in [0.717, 1.165) is 15.6 Å². The summed E-state index contributed by atoms with van der Waals surface area (Å²) in [5.74, 6) is -0.157. The fourth-order valence-electron chi connectivity index (χ4n) is 1.81. The molecule has 0 aliphatic carbocycles. The predicted octanol–water partition coefficient (Wildman–Crippen LogP) is 4.97. The van der Waals surface area contributed by atoms with Crippen molar-refractivity contribution in [1.29, 1.82) is 0 Å². The molecule has 98 valence electrons. The van der Waals surface area contributed by atoms with E-state index >= 15 is 0 Å². The number of rotatable bonds is 2. The van der Waals surface area contributed by atoms with Crippen LogP contribution in [0.3, 0.4) is 0 Å². The van der Waals surface area contributed by atoms with Crippen LogP contribution in [0.2, 0.25) is 5.02 Å². The largest absolute Gasteiger partial charge is 0.320 e. The topological polar surface area (TPSA) is 29.1 Å². The smallest absolute Gasteiger partial charge is 0.256 e. The normalized spacial score (nSPS) is 10.3. The first-order valence-electron chi connectivity index (χ1n) is 5.81. The van der Waals surface area contributed by atoms with Gasteiger partial charge >= 0.3 is 0 Å². The first-order valence-corrected chi connectivity index (χ1v) is 6.99. The third-order valence-electron chi connectivity index (χ3n) is 2.90. The number of aryl methyl sites for hydroxylation is 2. The highest BCUT2D eigenvalue weighted by atomic mass is 79.9. The van der Waals surface area contributed by atoms with Gasteiger partial charge < -0.3 is 5.32 Å². The molecule has 0 radical (unpaired) electrons. The third kappa shape index (κ3) is 3.17. The van der Waals surface area contributed by atoms with Gasteiger partial charge in [-0.2, -0.15) is 0 Å². The average molecular weight is 339 g/mol. The zero-order valence-corrected chi connectivity index (χ0v) is 13.0. The first-order chi connectivity index (χ1) is 8.99.